The van der Waals surface area contributed by atoms with Gasteiger partial charge in [0.05, 0.1) is 5.69 Å². The van der Waals surface area contributed by atoms with Gasteiger partial charge in [-0.25, -0.2) is 9.97 Å². The quantitative estimate of drug-likeness (QED) is 0.914. The number of anilines is 1. The molecule has 1 unspecified atom stereocenters. The molecule has 2 N–H and O–H groups in total. The van der Waals surface area contributed by atoms with Crippen molar-refractivity contribution in [3.63, 3.8) is 0 Å². The second-order valence-electron chi connectivity index (χ2n) is 6.68. The molecule has 1 aliphatic heterocycles. The molecule has 0 amide bonds. The molecule has 1 aromatic heterocycles. The fourth-order valence-electron chi connectivity index (χ4n) is 3.72. The maximum atomic E-state index is 4.49. The minimum absolute atomic E-state index is 0.260. The van der Waals surface area contributed by atoms with Gasteiger partial charge in [0.2, 0.25) is 0 Å². The molecule has 1 aromatic carbocycles. The summed E-state index contributed by atoms with van der Waals surface area (Å²) in [4.78, 5) is 8.90. The number of rotatable bonds is 3. The largest absolute Gasteiger partial charge is 0.363 e. The van der Waals surface area contributed by atoms with E-state index in [9.17, 15) is 0 Å². The molecule has 0 bridgehead atoms. The van der Waals surface area contributed by atoms with Gasteiger partial charge in [0.1, 0.15) is 12.1 Å². The van der Waals surface area contributed by atoms with Crippen molar-refractivity contribution in [3.05, 3.63) is 52.5 Å². The highest BCUT2D eigenvalue weighted by Crippen LogP contribution is 2.27. The molecule has 2 aromatic rings. The maximum Gasteiger partial charge on any atom is 0.133 e. The first-order valence-electron chi connectivity index (χ1n) is 8.73. The van der Waals surface area contributed by atoms with Crippen molar-refractivity contribution >= 4 is 5.82 Å². The van der Waals surface area contributed by atoms with Crippen LogP contribution in [-0.2, 0) is 25.8 Å². The van der Waals surface area contributed by atoms with Gasteiger partial charge in [-0.3, -0.25) is 0 Å². The number of hydrogen-bond acceptors (Lipinski definition) is 4. The van der Waals surface area contributed by atoms with E-state index in [-0.39, 0.29) is 6.04 Å². The summed E-state index contributed by atoms with van der Waals surface area (Å²) in [5.41, 5.74) is 6.84. The van der Waals surface area contributed by atoms with Crippen LogP contribution in [0.3, 0.4) is 0 Å². The topological polar surface area (TPSA) is 49.8 Å². The van der Waals surface area contributed by atoms with Gasteiger partial charge in [0.15, 0.2) is 0 Å². The Hall–Kier alpha value is -1.94. The molecule has 0 saturated heterocycles. The van der Waals surface area contributed by atoms with E-state index in [1.807, 2.05) is 0 Å². The van der Waals surface area contributed by atoms with Crippen LogP contribution in [0.1, 0.15) is 53.8 Å². The van der Waals surface area contributed by atoms with Crippen molar-refractivity contribution in [1.82, 2.24) is 15.3 Å². The van der Waals surface area contributed by atoms with Gasteiger partial charge < -0.3 is 10.6 Å². The fraction of sp³-hybridized carbons (Fsp3) is 0.474. The molecule has 4 heteroatoms. The molecule has 120 valence electrons. The van der Waals surface area contributed by atoms with Crippen molar-refractivity contribution in [2.24, 2.45) is 0 Å². The SMILES string of the molecule is CC(Nc1ncnc2c1CCNC2)c1ccc2c(c1)CCCC2. The van der Waals surface area contributed by atoms with E-state index in [1.54, 1.807) is 6.33 Å². The molecular weight excluding hydrogens is 284 g/mol. The van der Waals surface area contributed by atoms with Gasteiger partial charge in [-0.1, -0.05) is 18.2 Å². The second-order valence-corrected chi connectivity index (χ2v) is 6.68. The lowest BCUT2D eigenvalue weighted by atomic mass is 9.89. The maximum absolute atomic E-state index is 4.49. The average molecular weight is 308 g/mol. The highest BCUT2D eigenvalue weighted by molar-refractivity contribution is 5.49. The van der Waals surface area contributed by atoms with Crippen LogP contribution >= 0.6 is 0 Å². The second kappa shape index (κ2) is 6.28. The molecule has 2 heterocycles. The van der Waals surface area contributed by atoms with Crippen LogP contribution in [0.5, 0.6) is 0 Å². The van der Waals surface area contributed by atoms with E-state index >= 15 is 0 Å². The number of aryl methyl sites for hydroxylation is 2. The van der Waals surface area contributed by atoms with Gasteiger partial charge in [-0.05, 0) is 62.3 Å². The molecule has 23 heavy (non-hydrogen) atoms. The van der Waals surface area contributed by atoms with Crippen LogP contribution in [0.15, 0.2) is 24.5 Å². The van der Waals surface area contributed by atoms with Crippen molar-refractivity contribution in [1.29, 1.82) is 0 Å². The smallest absolute Gasteiger partial charge is 0.133 e. The third kappa shape index (κ3) is 2.95. The zero-order valence-corrected chi connectivity index (χ0v) is 13.7. The summed E-state index contributed by atoms with van der Waals surface area (Å²) < 4.78 is 0. The minimum Gasteiger partial charge on any atom is -0.363 e. The summed E-state index contributed by atoms with van der Waals surface area (Å²) in [6.45, 7) is 4.07. The highest BCUT2D eigenvalue weighted by Gasteiger charge is 2.18. The van der Waals surface area contributed by atoms with E-state index in [4.69, 9.17) is 0 Å². The summed E-state index contributed by atoms with van der Waals surface area (Å²) in [6, 6.07) is 7.25. The van der Waals surface area contributed by atoms with Gasteiger partial charge in [0.25, 0.3) is 0 Å². The van der Waals surface area contributed by atoms with Gasteiger partial charge in [-0.15, -0.1) is 0 Å². The molecule has 0 spiro atoms. The van der Waals surface area contributed by atoms with E-state index in [0.29, 0.717) is 0 Å². The molecule has 0 saturated carbocycles. The summed E-state index contributed by atoms with van der Waals surface area (Å²) in [6.07, 6.45) is 7.80. The van der Waals surface area contributed by atoms with Crippen molar-refractivity contribution in [3.8, 4) is 0 Å². The van der Waals surface area contributed by atoms with E-state index < -0.39 is 0 Å². The molecular formula is C19H24N4. The van der Waals surface area contributed by atoms with Crippen LogP contribution in [0.25, 0.3) is 0 Å². The Morgan fingerprint density at radius 2 is 1.96 bits per heavy atom. The Bertz CT molecular complexity index is 711. The number of nitrogens with zero attached hydrogens (tertiary/aromatic N) is 2. The monoisotopic (exact) mass is 308 g/mol. The third-order valence-corrected chi connectivity index (χ3v) is 5.10. The molecule has 4 rings (SSSR count). The van der Waals surface area contributed by atoms with E-state index in [2.05, 4.69) is 45.7 Å². The summed E-state index contributed by atoms with van der Waals surface area (Å²) in [7, 11) is 0. The zero-order valence-electron chi connectivity index (χ0n) is 13.7. The van der Waals surface area contributed by atoms with Gasteiger partial charge in [-0.2, -0.15) is 0 Å². The van der Waals surface area contributed by atoms with Crippen LogP contribution in [0, 0.1) is 0 Å². The zero-order chi connectivity index (χ0) is 15.6. The normalized spacial score (nSPS) is 18.0. The van der Waals surface area contributed by atoms with E-state index in [1.165, 1.54) is 47.9 Å². The summed E-state index contributed by atoms with van der Waals surface area (Å²) in [5.74, 6) is 1.00. The number of hydrogen-bond donors (Lipinski definition) is 2. The lowest BCUT2D eigenvalue weighted by Crippen LogP contribution is -2.26. The van der Waals surface area contributed by atoms with Crippen LogP contribution in [-0.4, -0.2) is 16.5 Å². The van der Waals surface area contributed by atoms with Crippen molar-refractivity contribution < 1.29 is 0 Å². The van der Waals surface area contributed by atoms with Crippen molar-refractivity contribution in [2.45, 2.75) is 51.6 Å². The Kier molecular flexibility index (Phi) is 4.00. The molecule has 0 radical (unpaired) electrons. The molecule has 1 aliphatic carbocycles. The Morgan fingerprint density at radius 1 is 1.09 bits per heavy atom. The molecule has 0 fully saturated rings. The number of benzene rings is 1. The lowest BCUT2D eigenvalue weighted by Gasteiger charge is -2.23. The van der Waals surface area contributed by atoms with Crippen LogP contribution in [0.4, 0.5) is 5.82 Å². The molecule has 2 aliphatic rings. The lowest BCUT2D eigenvalue weighted by molar-refractivity contribution is 0.623. The van der Waals surface area contributed by atoms with Gasteiger partial charge >= 0.3 is 0 Å². The minimum atomic E-state index is 0.260. The number of nitrogens with one attached hydrogen (secondary N) is 2. The Morgan fingerprint density at radius 3 is 2.87 bits per heavy atom. The molecule has 1 atom stereocenters. The predicted molar refractivity (Wildman–Crippen MR) is 92.6 cm³/mol. The summed E-state index contributed by atoms with van der Waals surface area (Å²) >= 11 is 0. The van der Waals surface area contributed by atoms with Crippen molar-refractivity contribution in [2.75, 3.05) is 11.9 Å². The third-order valence-electron chi connectivity index (χ3n) is 5.10. The highest BCUT2D eigenvalue weighted by atomic mass is 15.1. The standard InChI is InChI=1S/C19H24N4/c1-13(15-7-6-14-4-2-3-5-16(14)10-15)23-19-17-8-9-20-11-18(17)21-12-22-19/h6-7,10,12-13,20H,2-5,8-9,11H2,1H3,(H,21,22,23). The van der Waals surface area contributed by atoms with Crippen LogP contribution in [0.2, 0.25) is 0 Å². The first-order chi connectivity index (χ1) is 11.3. The van der Waals surface area contributed by atoms with Crippen LogP contribution < -0.4 is 10.6 Å². The first kappa shape index (κ1) is 14.6. The first-order valence-corrected chi connectivity index (χ1v) is 8.73. The Balaban J connectivity index is 1.57. The number of fused-ring (bicyclic) bond motifs is 2. The predicted octanol–water partition coefficient (Wildman–Crippen LogP) is 3.17. The van der Waals surface area contributed by atoms with Gasteiger partial charge in [0, 0.05) is 18.2 Å². The summed E-state index contributed by atoms with van der Waals surface area (Å²) in [5, 5.41) is 6.98. The van der Waals surface area contributed by atoms with E-state index in [0.717, 1.165) is 31.0 Å². The molecule has 4 nitrogen and oxygen atoms in total. The number of aromatic nitrogens is 2. The Labute approximate surface area is 137 Å². The average Bonchev–Trinajstić information content (AvgIpc) is 2.61. The fourth-order valence-corrected chi connectivity index (χ4v) is 3.72.